The fourth-order valence-corrected chi connectivity index (χ4v) is 7.79. The Kier molecular flexibility index (Phi) is 11.9. The van der Waals surface area contributed by atoms with Gasteiger partial charge in [-0.3, -0.25) is 19.0 Å². The molecule has 56 heavy (non-hydrogen) atoms. The van der Waals surface area contributed by atoms with Gasteiger partial charge in [-0.15, -0.1) is 0 Å². The van der Waals surface area contributed by atoms with E-state index in [9.17, 15) is 26.4 Å². The van der Waals surface area contributed by atoms with E-state index >= 15 is 0 Å². The van der Waals surface area contributed by atoms with Gasteiger partial charge < -0.3 is 20.1 Å². The van der Waals surface area contributed by atoms with Gasteiger partial charge in [0.05, 0.1) is 35.4 Å². The highest BCUT2D eigenvalue weighted by atomic mass is 35.5. The lowest BCUT2D eigenvalue weighted by Crippen LogP contribution is -2.15. The molecule has 6 rings (SSSR count). The fraction of sp³-hybridized carbons (Fsp3) is 0.0500. The third kappa shape index (κ3) is 9.41. The number of carbonyl (C=O) groups excluding carboxylic acids is 2. The largest absolute Gasteiger partial charge is 0.495 e. The van der Waals surface area contributed by atoms with Gasteiger partial charge in [-0.05, 0) is 120 Å². The molecular weight excluding hydrogens is 799 g/mol. The minimum absolute atomic E-state index is 0.0145. The Hall–Kier alpha value is -6.06. The zero-order valence-electron chi connectivity index (χ0n) is 29.5. The Morgan fingerprint density at radius 2 is 0.875 bits per heavy atom. The molecule has 0 fully saturated rings. The average Bonchev–Trinajstić information content (AvgIpc) is 3.18. The number of carbonyl (C=O) groups is 2. The summed E-state index contributed by atoms with van der Waals surface area (Å²) < 4.78 is 67.6. The molecule has 0 unspecified atom stereocenters. The molecule has 16 heteroatoms. The first-order valence-corrected chi connectivity index (χ1v) is 20.2. The SMILES string of the molecule is COc1cc(-c2ccc(NC(=O)c3cccc(NS(=O)(=O)c4ccc(Cl)cc4)c3)c(OC)c2)ccc1NC(=O)c1cccc(NS(=O)(=O)c2ccc(Cl)cc2)c1. The molecule has 286 valence electrons. The highest BCUT2D eigenvalue weighted by Crippen LogP contribution is 2.35. The Morgan fingerprint density at radius 1 is 0.500 bits per heavy atom. The van der Waals surface area contributed by atoms with Crippen LogP contribution in [0.25, 0.3) is 11.1 Å². The molecule has 0 bridgehead atoms. The van der Waals surface area contributed by atoms with Crippen LogP contribution < -0.4 is 29.6 Å². The van der Waals surface area contributed by atoms with Crippen LogP contribution in [0.15, 0.2) is 143 Å². The molecule has 0 aromatic heterocycles. The number of hydrogen-bond donors (Lipinski definition) is 4. The number of amides is 2. The van der Waals surface area contributed by atoms with E-state index in [2.05, 4.69) is 20.1 Å². The molecule has 12 nitrogen and oxygen atoms in total. The predicted octanol–water partition coefficient (Wildman–Crippen LogP) is 8.78. The highest BCUT2D eigenvalue weighted by molar-refractivity contribution is 7.93. The zero-order chi connectivity index (χ0) is 40.0. The zero-order valence-corrected chi connectivity index (χ0v) is 32.7. The number of ether oxygens (including phenoxy) is 2. The third-order valence-electron chi connectivity index (χ3n) is 8.23. The molecule has 0 atom stereocenters. The Balaban J connectivity index is 1.14. The summed E-state index contributed by atoms with van der Waals surface area (Å²) in [6, 6.07) is 33.8. The van der Waals surface area contributed by atoms with Gasteiger partial charge in [-0.2, -0.15) is 0 Å². The smallest absolute Gasteiger partial charge is 0.261 e. The highest BCUT2D eigenvalue weighted by Gasteiger charge is 2.19. The number of hydrogen-bond acceptors (Lipinski definition) is 8. The van der Waals surface area contributed by atoms with Gasteiger partial charge in [0.15, 0.2) is 0 Å². The van der Waals surface area contributed by atoms with Crippen molar-refractivity contribution in [1.29, 1.82) is 0 Å². The van der Waals surface area contributed by atoms with Crippen LogP contribution in [0, 0.1) is 0 Å². The van der Waals surface area contributed by atoms with Crippen molar-refractivity contribution >= 4 is 77.8 Å². The Morgan fingerprint density at radius 3 is 1.23 bits per heavy atom. The summed E-state index contributed by atoms with van der Waals surface area (Å²) in [7, 11) is -4.95. The van der Waals surface area contributed by atoms with Gasteiger partial charge >= 0.3 is 0 Å². The van der Waals surface area contributed by atoms with Gasteiger partial charge in [0.25, 0.3) is 31.9 Å². The number of rotatable bonds is 13. The summed E-state index contributed by atoms with van der Waals surface area (Å²) >= 11 is 11.8. The van der Waals surface area contributed by atoms with Crippen LogP contribution in [0.4, 0.5) is 22.7 Å². The number of nitrogens with one attached hydrogen (secondary N) is 4. The number of benzene rings is 6. The lowest BCUT2D eigenvalue weighted by Gasteiger charge is -2.15. The maximum atomic E-state index is 13.3. The lowest BCUT2D eigenvalue weighted by atomic mass is 10.0. The Labute approximate surface area is 333 Å². The second-order valence-electron chi connectivity index (χ2n) is 12.0. The second-order valence-corrected chi connectivity index (χ2v) is 16.3. The minimum Gasteiger partial charge on any atom is -0.495 e. The van der Waals surface area contributed by atoms with Crippen LogP contribution in [0.1, 0.15) is 20.7 Å². The molecule has 0 aliphatic carbocycles. The average molecular weight is 832 g/mol. The van der Waals surface area contributed by atoms with Gasteiger partial charge in [-0.1, -0.05) is 47.5 Å². The van der Waals surface area contributed by atoms with Crippen molar-refractivity contribution in [1.82, 2.24) is 0 Å². The molecule has 6 aromatic rings. The van der Waals surface area contributed by atoms with Gasteiger partial charge in [0, 0.05) is 32.5 Å². The standard InChI is InChI=1S/C40H32Cl2N4O8S2/c1-53-37-23-25(9-19-35(37)43-39(47)27-5-3-7-31(21-27)45-55(49,50)33-15-11-29(41)12-16-33)26-10-20-36(38(24-26)54-2)44-40(48)28-6-4-8-32(22-28)46-56(51,52)34-17-13-30(42)14-18-34/h3-24,45-46H,1-2H3,(H,43,47)(H,44,48). The molecule has 0 radical (unpaired) electrons. The third-order valence-corrected chi connectivity index (χ3v) is 11.5. The topological polar surface area (TPSA) is 169 Å². The number of halogens is 2. The molecule has 6 aromatic carbocycles. The van der Waals surface area contributed by atoms with Crippen molar-refractivity contribution in [3.63, 3.8) is 0 Å². The molecule has 0 saturated carbocycles. The molecule has 0 saturated heterocycles. The first kappa shape index (κ1) is 39.6. The lowest BCUT2D eigenvalue weighted by molar-refractivity contribution is 0.101. The van der Waals surface area contributed by atoms with E-state index in [-0.39, 0.29) is 32.3 Å². The van der Waals surface area contributed by atoms with E-state index in [0.29, 0.717) is 44.0 Å². The summed E-state index contributed by atoms with van der Waals surface area (Å²) in [5.74, 6) is -0.318. The Bertz CT molecular complexity index is 2470. The van der Waals surface area contributed by atoms with Crippen molar-refractivity contribution in [3.8, 4) is 22.6 Å². The van der Waals surface area contributed by atoms with Crippen LogP contribution >= 0.6 is 23.2 Å². The molecular formula is C40H32Cl2N4O8S2. The summed E-state index contributed by atoms with van der Waals surface area (Å²) in [6.45, 7) is 0. The summed E-state index contributed by atoms with van der Waals surface area (Å²) in [4.78, 5) is 26.6. The molecule has 0 heterocycles. The van der Waals surface area contributed by atoms with E-state index < -0.39 is 31.9 Å². The van der Waals surface area contributed by atoms with Crippen molar-refractivity contribution in [2.24, 2.45) is 0 Å². The maximum Gasteiger partial charge on any atom is 0.261 e. The van der Waals surface area contributed by atoms with Gasteiger partial charge in [0.1, 0.15) is 11.5 Å². The van der Waals surface area contributed by atoms with E-state index in [1.54, 1.807) is 60.7 Å². The molecule has 4 N–H and O–H groups in total. The van der Waals surface area contributed by atoms with E-state index in [0.717, 1.165) is 0 Å². The molecule has 2 amide bonds. The molecule has 0 aliphatic heterocycles. The minimum atomic E-state index is -3.93. The van der Waals surface area contributed by atoms with Crippen molar-refractivity contribution in [2.45, 2.75) is 9.79 Å². The number of methoxy groups -OCH3 is 2. The van der Waals surface area contributed by atoms with E-state index in [1.807, 2.05) is 0 Å². The fourth-order valence-electron chi connectivity index (χ4n) is 5.44. The summed E-state index contributed by atoms with van der Waals surface area (Å²) in [5, 5.41) is 6.41. The van der Waals surface area contributed by atoms with Crippen LogP contribution in [-0.2, 0) is 20.0 Å². The van der Waals surface area contributed by atoms with Crippen molar-refractivity contribution in [2.75, 3.05) is 34.3 Å². The van der Waals surface area contributed by atoms with Gasteiger partial charge in [-0.25, -0.2) is 16.8 Å². The molecule has 0 aliphatic rings. The maximum absolute atomic E-state index is 13.3. The summed E-state index contributed by atoms with van der Waals surface area (Å²) in [6.07, 6.45) is 0. The van der Waals surface area contributed by atoms with Crippen molar-refractivity contribution in [3.05, 3.63) is 155 Å². The normalized spacial score (nSPS) is 11.3. The van der Waals surface area contributed by atoms with Crippen LogP contribution in [0.2, 0.25) is 10.0 Å². The quantitative estimate of drug-likeness (QED) is 0.0896. The first-order valence-electron chi connectivity index (χ1n) is 16.5. The predicted molar refractivity (Wildman–Crippen MR) is 218 cm³/mol. The number of sulfonamides is 2. The first-order chi connectivity index (χ1) is 26.7. The van der Waals surface area contributed by atoms with Crippen molar-refractivity contribution < 1.29 is 35.9 Å². The summed E-state index contributed by atoms with van der Waals surface area (Å²) in [5.41, 5.74) is 2.90. The van der Waals surface area contributed by atoms with Crippen LogP contribution in [0.5, 0.6) is 11.5 Å². The van der Waals surface area contributed by atoms with E-state index in [1.165, 1.54) is 87.0 Å². The van der Waals surface area contributed by atoms with Crippen LogP contribution in [-0.4, -0.2) is 42.9 Å². The second kappa shape index (κ2) is 16.8. The monoisotopic (exact) mass is 830 g/mol. The van der Waals surface area contributed by atoms with E-state index in [4.69, 9.17) is 32.7 Å². The van der Waals surface area contributed by atoms with Gasteiger partial charge in [0.2, 0.25) is 0 Å². The number of anilines is 4. The van der Waals surface area contributed by atoms with Crippen LogP contribution in [0.3, 0.4) is 0 Å². The molecule has 0 spiro atoms.